The van der Waals surface area contributed by atoms with Crippen LogP contribution < -0.4 is 4.74 Å². The first-order valence-electron chi connectivity index (χ1n) is 6.67. The average Bonchev–Trinajstić information content (AvgIpc) is 2.44. The zero-order valence-corrected chi connectivity index (χ0v) is 11.9. The highest BCUT2D eigenvalue weighted by Gasteiger charge is 2.07. The molecule has 0 saturated heterocycles. The molecule has 0 radical (unpaired) electrons. The third kappa shape index (κ3) is 6.22. The molecular weight excluding hydrogens is 260 g/mol. The van der Waals surface area contributed by atoms with Gasteiger partial charge in [0.25, 0.3) is 0 Å². The fourth-order valence-electron chi connectivity index (χ4n) is 1.43. The van der Waals surface area contributed by atoms with Crippen LogP contribution in [0.2, 0.25) is 0 Å². The van der Waals surface area contributed by atoms with Crippen LogP contribution in [0.15, 0.2) is 24.3 Å². The van der Waals surface area contributed by atoms with Crippen molar-refractivity contribution in [2.24, 2.45) is 0 Å². The molecule has 0 N–H and O–H groups in total. The van der Waals surface area contributed by atoms with E-state index >= 15 is 0 Å². The standard InChI is InChI=1S/C15H20O5/c1-3-9-19-14-7-5-13(6-8-14)15(17)20-11-4-10-18-12(2)16/h5-8H,3-4,9-11H2,1-2H3. The van der Waals surface area contributed by atoms with Crippen LogP contribution in [-0.2, 0) is 14.3 Å². The second kappa shape index (κ2) is 8.96. The lowest BCUT2D eigenvalue weighted by Gasteiger charge is -2.07. The molecule has 5 heteroatoms. The summed E-state index contributed by atoms with van der Waals surface area (Å²) in [5.74, 6) is 0.00659. The normalized spacial score (nSPS) is 9.90. The predicted molar refractivity (Wildman–Crippen MR) is 73.8 cm³/mol. The Kier molecular flexibility index (Phi) is 7.17. The zero-order chi connectivity index (χ0) is 14.8. The Morgan fingerprint density at radius 3 is 2.25 bits per heavy atom. The quantitative estimate of drug-likeness (QED) is 0.541. The van der Waals surface area contributed by atoms with E-state index in [0.717, 1.165) is 12.2 Å². The van der Waals surface area contributed by atoms with E-state index in [-0.39, 0.29) is 19.2 Å². The Labute approximate surface area is 118 Å². The molecule has 0 aliphatic rings. The first kappa shape index (κ1) is 16.0. The van der Waals surface area contributed by atoms with Crippen LogP contribution in [0.4, 0.5) is 0 Å². The summed E-state index contributed by atoms with van der Waals surface area (Å²) in [4.78, 5) is 22.2. The molecule has 1 aromatic rings. The molecule has 5 nitrogen and oxygen atoms in total. The molecule has 0 heterocycles. The smallest absolute Gasteiger partial charge is 0.338 e. The van der Waals surface area contributed by atoms with Gasteiger partial charge in [-0.2, -0.15) is 0 Å². The number of benzene rings is 1. The first-order valence-corrected chi connectivity index (χ1v) is 6.67. The average molecular weight is 280 g/mol. The van der Waals surface area contributed by atoms with E-state index < -0.39 is 5.97 Å². The van der Waals surface area contributed by atoms with Crippen molar-refractivity contribution in [1.29, 1.82) is 0 Å². The van der Waals surface area contributed by atoms with Gasteiger partial charge in [0.1, 0.15) is 5.75 Å². The minimum atomic E-state index is -0.394. The van der Waals surface area contributed by atoms with Gasteiger partial charge < -0.3 is 14.2 Å². The summed E-state index contributed by atoms with van der Waals surface area (Å²) in [5.41, 5.74) is 0.473. The van der Waals surface area contributed by atoms with Crippen molar-refractivity contribution in [1.82, 2.24) is 0 Å². The monoisotopic (exact) mass is 280 g/mol. The summed E-state index contributed by atoms with van der Waals surface area (Å²) < 4.78 is 15.2. The summed E-state index contributed by atoms with van der Waals surface area (Å²) in [6, 6.07) is 6.81. The van der Waals surface area contributed by atoms with E-state index in [2.05, 4.69) is 0 Å². The molecule has 1 aromatic carbocycles. The van der Waals surface area contributed by atoms with Crippen molar-refractivity contribution in [3.63, 3.8) is 0 Å². The summed E-state index contributed by atoms with van der Waals surface area (Å²) >= 11 is 0. The molecule has 0 unspecified atom stereocenters. The van der Waals surface area contributed by atoms with Gasteiger partial charge >= 0.3 is 11.9 Å². The van der Waals surface area contributed by atoms with Crippen molar-refractivity contribution in [3.8, 4) is 5.75 Å². The van der Waals surface area contributed by atoms with Gasteiger partial charge in [-0.1, -0.05) is 6.92 Å². The molecule has 0 saturated carbocycles. The topological polar surface area (TPSA) is 61.8 Å². The molecule has 0 aliphatic carbocycles. The molecule has 0 bridgehead atoms. The van der Waals surface area contributed by atoms with Crippen LogP contribution in [0.5, 0.6) is 5.75 Å². The van der Waals surface area contributed by atoms with Gasteiger partial charge in [0.15, 0.2) is 0 Å². The molecule has 0 amide bonds. The van der Waals surface area contributed by atoms with Crippen molar-refractivity contribution in [2.45, 2.75) is 26.7 Å². The summed E-state index contributed by atoms with van der Waals surface area (Å²) in [6.45, 7) is 4.50. The lowest BCUT2D eigenvalue weighted by atomic mass is 10.2. The van der Waals surface area contributed by atoms with Gasteiger partial charge in [0.05, 0.1) is 25.4 Å². The van der Waals surface area contributed by atoms with Crippen molar-refractivity contribution in [3.05, 3.63) is 29.8 Å². The van der Waals surface area contributed by atoms with Crippen LogP contribution in [-0.4, -0.2) is 31.8 Å². The third-order valence-corrected chi connectivity index (χ3v) is 2.39. The molecule has 110 valence electrons. The van der Waals surface area contributed by atoms with Crippen molar-refractivity contribution in [2.75, 3.05) is 19.8 Å². The molecule has 0 spiro atoms. The van der Waals surface area contributed by atoms with E-state index in [4.69, 9.17) is 14.2 Å². The highest BCUT2D eigenvalue weighted by atomic mass is 16.5. The molecule has 0 aliphatic heterocycles. The van der Waals surface area contributed by atoms with Crippen LogP contribution in [0.25, 0.3) is 0 Å². The van der Waals surface area contributed by atoms with Gasteiger partial charge in [-0.05, 0) is 30.7 Å². The number of ether oxygens (including phenoxy) is 3. The van der Waals surface area contributed by atoms with Crippen molar-refractivity contribution < 1.29 is 23.8 Å². The van der Waals surface area contributed by atoms with Crippen LogP contribution in [0, 0.1) is 0 Å². The highest BCUT2D eigenvalue weighted by molar-refractivity contribution is 5.89. The van der Waals surface area contributed by atoms with E-state index in [1.54, 1.807) is 24.3 Å². The van der Waals surface area contributed by atoms with E-state index in [0.29, 0.717) is 18.6 Å². The minimum Gasteiger partial charge on any atom is -0.494 e. The van der Waals surface area contributed by atoms with E-state index in [9.17, 15) is 9.59 Å². The number of hydrogen-bond acceptors (Lipinski definition) is 5. The number of hydrogen-bond donors (Lipinski definition) is 0. The highest BCUT2D eigenvalue weighted by Crippen LogP contribution is 2.13. The Balaban J connectivity index is 2.30. The largest absolute Gasteiger partial charge is 0.494 e. The van der Waals surface area contributed by atoms with Gasteiger partial charge in [0.2, 0.25) is 0 Å². The second-order valence-electron chi connectivity index (χ2n) is 4.20. The number of carbonyl (C=O) groups is 2. The fourth-order valence-corrected chi connectivity index (χ4v) is 1.43. The Morgan fingerprint density at radius 2 is 1.65 bits per heavy atom. The number of carbonyl (C=O) groups excluding carboxylic acids is 2. The fraction of sp³-hybridized carbons (Fsp3) is 0.467. The maximum atomic E-state index is 11.7. The lowest BCUT2D eigenvalue weighted by Crippen LogP contribution is -2.09. The molecule has 0 aromatic heterocycles. The summed E-state index contributed by atoms with van der Waals surface area (Å²) in [5, 5.41) is 0. The Hall–Kier alpha value is -2.04. The van der Waals surface area contributed by atoms with E-state index in [1.807, 2.05) is 6.92 Å². The van der Waals surface area contributed by atoms with Gasteiger partial charge in [-0.15, -0.1) is 0 Å². The number of rotatable bonds is 8. The maximum absolute atomic E-state index is 11.7. The SMILES string of the molecule is CCCOc1ccc(C(=O)OCCCOC(C)=O)cc1. The summed E-state index contributed by atoms with van der Waals surface area (Å²) in [6.07, 6.45) is 1.43. The third-order valence-electron chi connectivity index (χ3n) is 2.39. The predicted octanol–water partition coefficient (Wildman–Crippen LogP) is 2.59. The second-order valence-corrected chi connectivity index (χ2v) is 4.20. The minimum absolute atomic E-state index is 0.222. The molecular formula is C15H20O5. The molecule has 20 heavy (non-hydrogen) atoms. The summed E-state index contributed by atoms with van der Waals surface area (Å²) in [7, 11) is 0. The van der Waals surface area contributed by atoms with Crippen LogP contribution in [0.3, 0.4) is 0 Å². The zero-order valence-electron chi connectivity index (χ0n) is 11.9. The van der Waals surface area contributed by atoms with Gasteiger partial charge in [-0.25, -0.2) is 4.79 Å². The van der Waals surface area contributed by atoms with Crippen LogP contribution in [0.1, 0.15) is 37.0 Å². The van der Waals surface area contributed by atoms with Gasteiger partial charge in [-0.3, -0.25) is 4.79 Å². The van der Waals surface area contributed by atoms with Crippen LogP contribution >= 0.6 is 0 Å². The molecule has 0 atom stereocenters. The molecule has 1 rings (SSSR count). The lowest BCUT2D eigenvalue weighted by molar-refractivity contribution is -0.141. The first-order chi connectivity index (χ1) is 9.63. The number of esters is 2. The Bertz CT molecular complexity index is 424. The maximum Gasteiger partial charge on any atom is 0.338 e. The molecule has 0 fully saturated rings. The van der Waals surface area contributed by atoms with Crippen molar-refractivity contribution >= 4 is 11.9 Å². The van der Waals surface area contributed by atoms with Gasteiger partial charge in [0, 0.05) is 13.3 Å². The van der Waals surface area contributed by atoms with E-state index in [1.165, 1.54) is 6.92 Å². The Morgan fingerprint density at radius 1 is 1.00 bits per heavy atom.